The maximum atomic E-state index is 11.5. The number of aromatic nitrogens is 1. The lowest BCUT2D eigenvalue weighted by Crippen LogP contribution is -2.39. The van der Waals surface area contributed by atoms with Crippen LogP contribution in [0.5, 0.6) is 0 Å². The molecule has 1 aromatic heterocycles. The molecule has 0 spiro atoms. The number of hydrogen-bond donors (Lipinski definition) is 3. The van der Waals surface area contributed by atoms with Crippen LogP contribution in [0.15, 0.2) is 12.3 Å². The van der Waals surface area contributed by atoms with Crippen molar-refractivity contribution in [3.8, 4) is 0 Å². The molecule has 1 aliphatic carbocycles. The maximum absolute atomic E-state index is 11.5. The van der Waals surface area contributed by atoms with Crippen molar-refractivity contribution in [1.82, 2.24) is 10.3 Å². The minimum Gasteiger partial charge on any atom is -0.385 e. The number of aromatic amines is 1. The molecule has 1 amide bonds. The molecule has 0 unspecified atom stereocenters. The van der Waals surface area contributed by atoms with Gasteiger partial charge in [0.2, 0.25) is 0 Å². The predicted octanol–water partition coefficient (Wildman–Crippen LogP) is 0.879. The van der Waals surface area contributed by atoms with Crippen LogP contribution in [0.1, 0.15) is 29.6 Å². The molecule has 0 bridgehead atoms. The Morgan fingerprint density at radius 3 is 2.85 bits per heavy atom. The maximum Gasteiger partial charge on any atom is 0.255 e. The highest BCUT2D eigenvalue weighted by Gasteiger charge is 2.21. The molecule has 0 saturated heterocycles. The van der Waals surface area contributed by atoms with Gasteiger partial charge in [-0.3, -0.25) is 4.79 Å². The van der Waals surface area contributed by atoms with Gasteiger partial charge in [0.15, 0.2) is 0 Å². The molecule has 2 rings (SSSR count). The van der Waals surface area contributed by atoms with Crippen molar-refractivity contribution in [1.29, 1.82) is 0 Å². The molecular formula is C9H13N3O. The van der Waals surface area contributed by atoms with Gasteiger partial charge in [-0.1, -0.05) is 0 Å². The second-order valence-corrected chi connectivity index (χ2v) is 3.41. The first-order chi connectivity index (χ1) is 6.27. The van der Waals surface area contributed by atoms with E-state index in [1.807, 2.05) is 0 Å². The monoisotopic (exact) mass is 179 g/mol. The van der Waals surface area contributed by atoms with Gasteiger partial charge in [-0.05, 0) is 25.3 Å². The fraction of sp³-hybridized carbons (Fsp3) is 0.444. The summed E-state index contributed by atoms with van der Waals surface area (Å²) in [7, 11) is 0. The molecule has 4 nitrogen and oxygen atoms in total. The molecule has 4 heteroatoms. The van der Waals surface area contributed by atoms with Gasteiger partial charge < -0.3 is 16.0 Å². The molecular weight excluding hydrogens is 166 g/mol. The van der Waals surface area contributed by atoms with Gasteiger partial charge in [0.05, 0.1) is 5.56 Å². The fourth-order valence-electron chi connectivity index (χ4n) is 1.40. The first-order valence-electron chi connectivity index (χ1n) is 4.51. The van der Waals surface area contributed by atoms with Gasteiger partial charge in [0.1, 0.15) is 5.82 Å². The van der Waals surface area contributed by atoms with Crippen molar-refractivity contribution in [3.05, 3.63) is 17.8 Å². The van der Waals surface area contributed by atoms with Crippen LogP contribution in [-0.4, -0.2) is 16.9 Å². The van der Waals surface area contributed by atoms with Crippen LogP contribution in [0, 0.1) is 0 Å². The average Bonchev–Trinajstić information content (AvgIpc) is 2.43. The second-order valence-electron chi connectivity index (χ2n) is 3.41. The van der Waals surface area contributed by atoms with Crippen molar-refractivity contribution in [3.63, 3.8) is 0 Å². The summed E-state index contributed by atoms with van der Waals surface area (Å²) in [6, 6.07) is 2.06. The first-order valence-corrected chi connectivity index (χ1v) is 4.51. The largest absolute Gasteiger partial charge is 0.385 e. The highest BCUT2D eigenvalue weighted by atomic mass is 16.1. The lowest BCUT2D eigenvalue weighted by atomic mass is 9.93. The van der Waals surface area contributed by atoms with Crippen LogP contribution >= 0.6 is 0 Å². The number of amides is 1. The molecule has 0 aromatic carbocycles. The van der Waals surface area contributed by atoms with Gasteiger partial charge in [-0.15, -0.1) is 0 Å². The SMILES string of the molecule is Nc1[nH]ccc1C(=O)NC1CCC1. The average molecular weight is 179 g/mol. The van der Waals surface area contributed by atoms with E-state index in [1.165, 1.54) is 6.42 Å². The molecule has 1 fully saturated rings. The summed E-state index contributed by atoms with van der Waals surface area (Å²) in [5.41, 5.74) is 6.11. The molecule has 1 heterocycles. The fourth-order valence-corrected chi connectivity index (χ4v) is 1.40. The molecule has 0 radical (unpaired) electrons. The van der Waals surface area contributed by atoms with E-state index in [2.05, 4.69) is 10.3 Å². The zero-order chi connectivity index (χ0) is 9.26. The highest BCUT2D eigenvalue weighted by Crippen LogP contribution is 2.19. The van der Waals surface area contributed by atoms with E-state index in [1.54, 1.807) is 12.3 Å². The van der Waals surface area contributed by atoms with E-state index in [0.717, 1.165) is 12.8 Å². The summed E-state index contributed by atoms with van der Waals surface area (Å²) >= 11 is 0. The topological polar surface area (TPSA) is 70.9 Å². The Hall–Kier alpha value is -1.45. The molecule has 70 valence electrons. The third-order valence-electron chi connectivity index (χ3n) is 2.46. The van der Waals surface area contributed by atoms with Crippen LogP contribution in [0.3, 0.4) is 0 Å². The summed E-state index contributed by atoms with van der Waals surface area (Å²) in [6.45, 7) is 0. The Labute approximate surface area is 76.5 Å². The number of H-pyrrole nitrogens is 1. The van der Waals surface area contributed by atoms with E-state index in [4.69, 9.17) is 5.73 Å². The van der Waals surface area contributed by atoms with Crippen LogP contribution in [-0.2, 0) is 0 Å². The number of nitrogens with two attached hydrogens (primary N) is 1. The lowest BCUT2D eigenvalue weighted by Gasteiger charge is -2.26. The molecule has 0 aliphatic heterocycles. The molecule has 1 aliphatic rings. The molecule has 1 aromatic rings. The van der Waals surface area contributed by atoms with E-state index < -0.39 is 0 Å². The summed E-state index contributed by atoms with van der Waals surface area (Å²) in [5, 5.41) is 2.92. The zero-order valence-electron chi connectivity index (χ0n) is 7.34. The minimum absolute atomic E-state index is 0.0662. The van der Waals surface area contributed by atoms with Crippen LogP contribution in [0.4, 0.5) is 5.82 Å². The highest BCUT2D eigenvalue weighted by molar-refractivity contribution is 5.98. The Bertz CT molecular complexity index is 314. The van der Waals surface area contributed by atoms with Gasteiger partial charge in [-0.2, -0.15) is 0 Å². The lowest BCUT2D eigenvalue weighted by molar-refractivity contribution is 0.0918. The number of carbonyl (C=O) groups excluding carboxylic acids is 1. The minimum atomic E-state index is -0.0662. The second kappa shape index (κ2) is 3.12. The summed E-state index contributed by atoms with van der Waals surface area (Å²) < 4.78 is 0. The summed E-state index contributed by atoms with van der Waals surface area (Å²) in [4.78, 5) is 14.3. The third kappa shape index (κ3) is 1.52. The summed E-state index contributed by atoms with van der Waals surface area (Å²) in [5.74, 6) is 0.375. The quantitative estimate of drug-likeness (QED) is 0.630. The van der Waals surface area contributed by atoms with E-state index in [9.17, 15) is 4.79 Å². The number of hydrogen-bond acceptors (Lipinski definition) is 2. The van der Waals surface area contributed by atoms with Gasteiger partial charge in [0.25, 0.3) is 5.91 Å². The Balaban J connectivity index is 2.00. The van der Waals surface area contributed by atoms with Crippen LogP contribution in [0.25, 0.3) is 0 Å². The smallest absolute Gasteiger partial charge is 0.255 e. The molecule has 4 N–H and O–H groups in total. The first kappa shape index (κ1) is 8.16. The molecule has 0 atom stereocenters. The third-order valence-corrected chi connectivity index (χ3v) is 2.46. The molecule has 1 saturated carbocycles. The van der Waals surface area contributed by atoms with Crippen LogP contribution < -0.4 is 11.1 Å². The Morgan fingerprint density at radius 1 is 1.62 bits per heavy atom. The van der Waals surface area contributed by atoms with Crippen molar-refractivity contribution in [2.75, 3.05) is 5.73 Å². The zero-order valence-corrected chi connectivity index (χ0v) is 7.34. The number of nitrogen functional groups attached to an aromatic ring is 1. The van der Waals surface area contributed by atoms with E-state index in [0.29, 0.717) is 17.4 Å². The van der Waals surface area contributed by atoms with Crippen molar-refractivity contribution in [2.24, 2.45) is 0 Å². The van der Waals surface area contributed by atoms with Crippen molar-refractivity contribution < 1.29 is 4.79 Å². The summed E-state index contributed by atoms with van der Waals surface area (Å²) in [6.07, 6.45) is 5.07. The van der Waals surface area contributed by atoms with Gasteiger partial charge >= 0.3 is 0 Å². The standard InChI is InChI=1S/C9H13N3O/c10-8-7(4-5-11-8)9(13)12-6-2-1-3-6/h4-6,11H,1-3,10H2,(H,12,13). The normalized spacial score (nSPS) is 16.6. The Morgan fingerprint density at radius 2 is 2.38 bits per heavy atom. The van der Waals surface area contributed by atoms with Gasteiger partial charge in [-0.25, -0.2) is 0 Å². The molecule has 13 heavy (non-hydrogen) atoms. The number of rotatable bonds is 2. The van der Waals surface area contributed by atoms with Gasteiger partial charge in [0, 0.05) is 12.2 Å². The van der Waals surface area contributed by atoms with Crippen molar-refractivity contribution >= 4 is 11.7 Å². The van der Waals surface area contributed by atoms with E-state index >= 15 is 0 Å². The number of nitrogens with one attached hydrogen (secondary N) is 2. The van der Waals surface area contributed by atoms with Crippen LogP contribution in [0.2, 0.25) is 0 Å². The van der Waals surface area contributed by atoms with Crippen molar-refractivity contribution in [2.45, 2.75) is 25.3 Å². The Kier molecular flexibility index (Phi) is 1.96. The van der Waals surface area contributed by atoms with E-state index in [-0.39, 0.29) is 5.91 Å². The number of carbonyl (C=O) groups is 1. The number of anilines is 1. The predicted molar refractivity (Wildman–Crippen MR) is 50.3 cm³/mol.